The van der Waals surface area contributed by atoms with Crippen LogP contribution in [0.5, 0.6) is 0 Å². The molecule has 1 unspecified atom stereocenters. The van der Waals surface area contributed by atoms with Gasteiger partial charge in [-0.2, -0.15) is 0 Å². The Morgan fingerprint density at radius 1 is 1.42 bits per heavy atom. The molecule has 0 radical (unpaired) electrons. The molecule has 2 rings (SSSR count). The fraction of sp³-hybridized carbons (Fsp3) is 0.857. The highest BCUT2D eigenvalue weighted by Crippen LogP contribution is 2.26. The quantitative estimate of drug-likeness (QED) is 0.789. The maximum absolute atomic E-state index is 8.78. The highest BCUT2D eigenvalue weighted by atomic mass is 16.3. The molecule has 1 saturated carbocycles. The van der Waals surface area contributed by atoms with Crippen LogP contribution in [-0.2, 0) is 13.1 Å². The number of hydrogen-bond donors (Lipinski definition) is 2. The molecule has 1 aromatic heterocycles. The minimum absolute atomic E-state index is 0.201. The molecule has 0 bridgehead atoms. The Morgan fingerprint density at radius 2 is 2.21 bits per heavy atom. The van der Waals surface area contributed by atoms with E-state index in [1.807, 2.05) is 6.20 Å². The monoisotopic (exact) mass is 266 g/mol. The Labute approximate surface area is 115 Å². The number of nitrogens with one attached hydrogen (secondary N) is 1. The number of aliphatic hydroxyl groups is 1. The second-order valence-electron chi connectivity index (χ2n) is 5.62. The molecule has 1 fully saturated rings. The Bertz CT molecular complexity index is 360. The molecule has 2 N–H and O–H groups in total. The molecule has 1 heterocycles. The first-order chi connectivity index (χ1) is 9.29. The number of aromatic nitrogens is 3. The highest BCUT2D eigenvalue weighted by Gasteiger charge is 2.19. The van der Waals surface area contributed by atoms with Gasteiger partial charge in [0.1, 0.15) is 0 Å². The summed E-state index contributed by atoms with van der Waals surface area (Å²) in [5, 5.41) is 20.6. The summed E-state index contributed by atoms with van der Waals surface area (Å²) in [4.78, 5) is 0. The number of nitrogens with zero attached hydrogens (tertiary/aromatic N) is 3. The normalized spacial score (nSPS) is 18.6. The molecule has 1 aliphatic rings. The second-order valence-corrected chi connectivity index (χ2v) is 5.62. The van der Waals surface area contributed by atoms with E-state index in [0.717, 1.165) is 31.1 Å². The van der Waals surface area contributed by atoms with Crippen molar-refractivity contribution in [1.82, 2.24) is 20.3 Å². The number of aliphatic hydroxyl groups excluding tert-OH is 1. The molecule has 5 heteroatoms. The van der Waals surface area contributed by atoms with Crippen LogP contribution in [0.4, 0.5) is 0 Å². The SMILES string of the molecule is CC(NCc1cn(CCCO)nn1)C1CCCCC1. The van der Waals surface area contributed by atoms with Gasteiger partial charge in [-0.25, -0.2) is 0 Å². The van der Waals surface area contributed by atoms with E-state index >= 15 is 0 Å². The lowest BCUT2D eigenvalue weighted by molar-refractivity contribution is 0.276. The molecule has 108 valence electrons. The Kier molecular flexibility index (Phi) is 5.79. The Hall–Kier alpha value is -0.940. The van der Waals surface area contributed by atoms with Crippen molar-refractivity contribution in [1.29, 1.82) is 0 Å². The van der Waals surface area contributed by atoms with Gasteiger partial charge in [-0.1, -0.05) is 24.5 Å². The number of hydrogen-bond acceptors (Lipinski definition) is 4. The van der Waals surface area contributed by atoms with Gasteiger partial charge < -0.3 is 10.4 Å². The van der Waals surface area contributed by atoms with Crippen LogP contribution in [0.3, 0.4) is 0 Å². The van der Waals surface area contributed by atoms with Gasteiger partial charge in [0.15, 0.2) is 0 Å². The van der Waals surface area contributed by atoms with Crippen molar-refractivity contribution in [2.45, 2.75) is 64.6 Å². The van der Waals surface area contributed by atoms with Crippen LogP contribution in [0.2, 0.25) is 0 Å². The molecule has 5 nitrogen and oxygen atoms in total. The van der Waals surface area contributed by atoms with Gasteiger partial charge in [0.2, 0.25) is 0 Å². The molecule has 0 aromatic carbocycles. The molecule has 0 aliphatic heterocycles. The first kappa shape index (κ1) is 14.5. The summed E-state index contributed by atoms with van der Waals surface area (Å²) in [5.74, 6) is 0.818. The fourth-order valence-corrected chi connectivity index (χ4v) is 2.83. The molecule has 0 saturated heterocycles. The van der Waals surface area contributed by atoms with E-state index in [0.29, 0.717) is 6.04 Å². The van der Waals surface area contributed by atoms with E-state index in [-0.39, 0.29) is 6.61 Å². The van der Waals surface area contributed by atoms with E-state index in [2.05, 4.69) is 22.6 Å². The zero-order chi connectivity index (χ0) is 13.5. The molecule has 0 spiro atoms. The lowest BCUT2D eigenvalue weighted by Crippen LogP contribution is -2.34. The predicted molar refractivity (Wildman–Crippen MR) is 74.6 cm³/mol. The van der Waals surface area contributed by atoms with Gasteiger partial charge in [-0.15, -0.1) is 5.10 Å². The summed E-state index contributed by atoms with van der Waals surface area (Å²) in [5.41, 5.74) is 0.987. The van der Waals surface area contributed by atoms with E-state index in [9.17, 15) is 0 Å². The van der Waals surface area contributed by atoms with Crippen molar-refractivity contribution in [3.8, 4) is 0 Å². The zero-order valence-electron chi connectivity index (χ0n) is 11.9. The summed E-state index contributed by atoms with van der Waals surface area (Å²) in [7, 11) is 0. The first-order valence-corrected chi connectivity index (χ1v) is 7.53. The predicted octanol–water partition coefficient (Wildman–Crippen LogP) is 1.72. The average molecular weight is 266 g/mol. The van der Waals surface area contributed by atoms with Gasteiger partial charge in [-0.3, -0.25) is 4.68 Å². The van der Waals surface area contributed by atoms with Crippen molar-refractivity contribution in [2.24, 2.45) is 5.92 Å². The molecule has 1 aliphatic carbocycles. The molecular formula is C14H26N4O. The second kappa shape index (κ2) is 7.60. The first-order valence-electron chi connectivity index (χ1n) is 7.53. The molecule has 1 aromatic rings. The minimum Gasteiger partial charge on any atom is -0.396 e. The van der Waals surface area contributed by atoms with Crippen LogP contribution in [0.25, 0.3) is 0 Å². The van der Waals surface area contributed by atoms with Gasteiger partial charge in [0, 0.05) is 31.9 Å². The Balaban J connectivity index is 1.73. The van der Waals surface area contributed by atoms with Crippen LogP contribution in [-0.4, -0.2) is 32.7 Å². The maximum Gasteiger partial charge on any atom is 0.0964 e. The number of rotatable bonds is 7. The summed E-state index contributed by atoms with van der Waals surface area (Å²) in [6.45, 7) is 4.01. The Morgan fingerprint density at radius 3 is 2.95 bits per heavy atom. The summed E-state index contributed by atoms with van der Waals surface area (Å²) in [6.07, 6.45) is 9.59. The van der Waals surface area contributed by atoms with Crippen LogP contribution in [0.1, 0.15) is 51.1 Å². The van der Waals surface area contributed by atoms with E-state index in [1.54, 1.807) is 4.68 Å². The van der Waals surface area contributed by atoms with Crippen molar-refractivity contribution >= 4 is 0 Å². The van der Waals surface area contributed by atoms with Gasteiger partial charge in [-0.05, 0) is 32.1 Å². The summed E-state index contributed by atoms with van der Waals surface area (Å²) < 4.78 is 1.80. The topological polar surface area (TPSA) is 63.0 Å². The van der Waals surface area contributed by atoms with Crippen molar-refractivity contribution in [3.63, 3.8) is 0 Å². The standard InChI is InChI=1S/C14H26N4O/c1-12(13-6-3-2-4-7-13)15-10-14-11-18(17-16-14)8-5-9-19/h11-13,15,19H,2-10H2,1H3. The number of aryl methyl sites for hydroxylation is 1. The van der Waals surface area contributed by atoms with E-state index in [4.69, 9.17) is 5.11 Å². The molecule has 1 atom stereocenters. The largest absolute Gasteiger partial charge is 0.396 e. The lowest BCUT2D eigenvalue weighted by atomic mass is 9.84. The van der Waals surface area contributed by atoms with Crippen molar-refractivity contribution < 1.29 is 5.11 Å². The average Bonchev–Trinajstić information content (AvgIpc) is 2.91. The highest BCUT2D eigenvalue weighted by molar-refractivity contribution is 4.92. The smallest absolute Gasteiger partial charge is 0.0964 e. The van der Waals surface area contributed by atoms with E-state index in [1.165, 1.54) is 32.1 Å². The third-order valence-electron chi connectivity index (χ3n) is 4.09. The van der Waals surface area contributed by atoms with Gasteiger partial charge >= 0.3 is 0 Å². The molecular weight excluding hydrogens is 240 g/mol. The van der Waals surface area contributed by atoms with Crippen LogP contribution >= 0.6 is 0 Å². The lowest BCUT2D eigenvalue weighted by Gasteiger charge is -2.28. The maximum atomic E-state index is 8.78. The summed E-state index contributed by atoms with van der Waals surface area (Å²) in [6, 6.07) is 0.558. The third kappa shape index (κ3) is 4.58. The third-order valence-corrected chi connectivity index (χ3v) is 4.09. The van der Waals surface area contributed by atoms with Crippen molar-refractivity contribution in [3.05, 3.63) is 11.9 Å². The zero-order valence-corrected chi connectivity index (χ0v) is 11.9. The summed E-state index contributed by atoms with van der Waals surface area (Å²) >= 11 is 0. The van der Waals surface area contributed by atoms with Gasteiger partial charge in [0.25, 0.3) is 0 Å². The van der Waals surface area contributed by atoms with Gasteiger partial charge in [0.05, 0.1) is 5.69 Å². The fourth-order valence-electron chi connectivity index (χ4n) is 2.83. The molecule has 19 heavy (non-hydrogen) atoms. The van der Waals surface area contributed by atoms with Crippen LogP contribution in [0.15, 0.2) is 6.20 Å². The van der Waals surface area contributed by atoms with Crippen LogP contribution in [0, 0.1) is 5.92 Å². The van der Waals surface area contributed by atoms with E-state index < -0.39 is 0 Å². The van der Waals surface area contributed by atoms with Crippen molar-refractivity contribution in [2.75, 3.05) is 6.61 Å². The molecule has 0 amide bonds. The van der Waals surface area contributed by atoms with Crippen LogP contribution < -0.4 is 5.32 Å². The minimum atomic E-state index is 0.201.